The third kappa shape index (κ3) is 2.43. The number of rotatable bonds is 1. The van der Waals surface area contributed by atoms with Crippen LogP contribution in [0, 0.1) is 5.95 Å². The molecule has 0 amide bonds. The van der Waals surface area contributed by atoms with Crippen molar-refractivity contribution in [3.05, 3.63) is 36.0 Å². The van der Waals surface area contributed by atoms with Crippen LogP contribution >= 0.6 is 0 Å². The Bertz CT molecular complexity index is 569. The highest BCUT2D eigenvalue weighted by Crippen LogP contribution is 2.13. The summed E-state index contributed by atoms with van der Waals surface area (Å²) in [7, 11) is 0. The molecule has 0 atom stereocenters. The molecule has 0 aliphatic heterocycles. The molecule has 0 spiro atoms. The first-order valence-electron chi connectivity index (χ1n) is 5.24. The summed E-state index contributed by atoms with van der Waals surface area (Å²) in [5, 5.41) is 0. The van der Waals surface area contributed by atoms with Crippen LogP contribution in [0.3, 0.4) is 0 Å². The van der Waals surface area contributed by atoms with E-state index >= 15 is 0 Å². The molecule has 5 heteroatoms. The molecule has 0 aliphatic carbocycles. The molecule has 0 aromatic carbocycles. The number of imidazole rings is 1. The SMILES string of the molecule is CC(C)(C)OC(=O)c1cn2c(F)cccc2n1. The van der Waals surface area contributed by atoms with Gasteiger partial charge < -0.3 is 4.74 Å². The third-order valence-electron chi connectivity index (χ3n) is 2.05. The molecule has 0 unspecified atom stereocenters. The van der Waals surface area contributed by atoms with E-state index in [-0.39, 0.29) is 5.69 Å². The molecule has 0 bridgehead atoms. The van der Waals surface area contributed by atoms with E-state index in [4.69, 9.17) is 4.74 Å². The Morgan fingerprint density at radius 1 is 1.41 bits per heavy atom. The molecule has 0 N–H and O–H groups in total. The second-order valence-corrected chi connectivity index (χ2v) is 4.70. The zero-order valence-corrected chi connectivity index (χ0v) is 9.90. The largest absolute Gasteiger partial charge is 0.455 e. The van der Waals surface area contributed by atoms with Gasteiger partial charge in [0.25, 0.3) is 0 Å². The maximum absolute atomic E-state index is 13.4. The quantitative estimate of drug-likeness (QED) is 0.564. The molecule has 2 aromatic heterocycles. The minimum atomic E-state index is -0.592. The predicted molar refractivity (Wildman–Crippen MR) is 60.3 cm³/mol. The highest BCUT2D eigenvalue weighted by molar-refractivity contribution is 5.88. The Morgan fingerprint density at radius 3 is 2.71 bits per heavy atom. The Hall–Kier alpha value is -1.91. The molecule has 0 saturated carbocycles. The molecular formula is C12H13FN2O2. The smallest absolute Gasteiger partial charge is 0.359 e. The molecule has 4 nitrogen and oxygen atoms in total. The predicted octanol–water partition coefficient (Wildman–Crippen LogP) is 2.43. The van der Waals surface area contributed by atoms with Gasteiger partial charge in [-0.2, -0.15) is 4.39 Å². The van der Waals surface area contributed by atoms with Crippen LogP contribution in [-0.4, -0.2) is 21.0 Å². The summed E-state index contributed by atoms with van der Waals surface area (Å²) >= 11 is 0. The van der Waals surface area contributed by atoms with Gasteiger partial charge in [-0.05, 0) is 32.9 Å². The van der Waals surface area contributed by atoms with Gasteiger partial charge in [-0.15, -0.1) is 0 Å². The lowest BCUT2D eigenvalue weighted by Crippen LogP contribution is -2.24. The van der Waals surface area contributed by atoms with Gasteiger partial charge in [-0.3, -0.25) is 4.40 Å². The van der Waals surface area contributed by atoms with Crippen molar-refractivity contribution in [1.82, 2.24) is 9.38 Å². The van der Waals surface area contributed by atoms with Crippen molar-refractivity contribution in [2.75, 3.05) is 0 Å². The minimum Gasteiger partial charge on any atom is -0.455 e. The first-order chi connectivity index (χ1) is 7.87. The van der Waals surface area contributed by atoms with Gasteiger partial charge in [0.15, 0.2) is 11.6 Å². The summed E-state index contributed by atoms with van der Waals surface area (Å²) in [6.07, 6.45) is 1.33. The van der Waals surface area contributed by atoms with Crippen LogP contribution in [0.15, 0.2) is 24.4 Å². The first kappa shape index (κ1) is 11.6. The summed E-state index contributed by atoms with van der Waals surface area (Å²) in [5.74, 6) is -1.02. The van der Waals surface area contributed by atoms with Crippen LogP contribution in [-0.2, 0) is 4.74 Å². The lowest BCUT2D eigenvalue weighted by Gasteiger charge is -2.18. The Labute approximate surface area is 98.0 Å². The highest BCUT2D eigenvalue weighted by Gasteiger charge is 2.20. The van der Waals surface area contributed by atoms with Crippen LogP contribution in [0.1, 0.15) is 31.3 Å². The zero-order chi connectivity index (χ0) is 12.6. The summed E-state index contributed by atoms with van der Waals surface area (Å²) in [6, 6.07) is 4.46. The maximum atomic E-state index is 13.4. The maximum Gasteiger partial charge on any atom is 0.359 e. The Morgan fingerprint density at radius 2 is 2.12 bits per heavy atom. The molecule has 17 heavy (non-hydrogen) atoms. The number of hydrogen-bond acceptors (Lipinski definition) is 3. The van der Waals surface area contributed by atoms with E-state index in [1.165, 1.54) is 22.7 Å². The van der Waals surface area contributed by atoms with Crippen LogP contribution < -0.4 is 0 Å². The fourth-order valence-corrected chi connectivity index (χ4v) is 1.41. The normalized spacial score (nSPS) is 11.8. The van der Waals surface area contributed by atoms with Crippen molar-refractivity contribution in [1.29, 1.82) is 0 Å². The molecule has 0 aliphatic rings. The van der Waals surface area contributed by atoms with E-state index < -0.39 is 17.5 Å². The highest BCUT2D eigenvalue weighted by atomic mass is 19.1. The fraction of sp³-hybridized carbons (Fsp3) is 0.333. The molecule has 0 radical (unpaired) electrons. The van der Waals surface area contributed by atoms with Gasteiger partial charge in [0.05, 0.1) is 0 Å². The Kier molecular flexibility index (Phi) is 2.61. The second kappa shape index (κ2) is 3.84. The third-order valence-corrected chi connectivity index (χ3v) is 2.05. The average molecular weight is 236 g/mol. The number of pyridine rings is 1. The van der Waals surface area contributed by atoms with Gasteiger partial charge in [0.1, 0.15) is 11.2 Å². The van der Waals surface area contributed by atoms with E-state index in [0.717, 1.165) is 0 Å². The van der Waals surface area contributed by atoms with Gasteiger partial charge >= 0.3 is 5.97 Å². The average Bonchev–Trinajstić information content (AvgIpc) is 2.60. The van der Waals surface area contributed by atoms with Crippen molar-refractivity contribution in [3.63, 3.8) is 0 Å². The number of carbonyl (C=O) groups excluding carboxylic acids is 1. The van der Waals surface area contributed by atoms with Crippen molar-refractivity contribution in [2.24, 2.45) is 0 Å². The van der Waals surface area contributed by atoms with Crippen molar-refractivity contribution in [2.45, 2.75) is 26.4 Å². The number of nitrogens with zero attached hydrogens (tertiary/aromatic N) is 2. The van der Waals surface area contributed by atoms with E-state index in [0.29, 0.717) is 5.65 Å². The molecule has 2 aromatic rings. The van der Waals surface area contributed by atoms with Gasteiger partial charge in [-0.25, -0.2) is 9.78 Å². The van der Waals surface area contributed by atoms with E-state index in [1.54, 1.807) is 26.8 Å². The molecule has 2 rings (SSSR count). The van der Waals surface area contributed by atoms with E-state index in [2.05, 4.69) is 4.98 Å². The number of esters is 1. The topological polar surface area (TPSA) is 43.6 Å². The fourth-order valence-electron chi connectivity index (χ4n) is 1.41. The summed E-state index contributed by atoms with van der Waals surface area (Å²) in [4.78, 5) is 15.7. The van der Waals surface area contributed by atoms with Crippen molar-refractivity contribution >= 4 is 11.6 Å². The summed E-state index contributed by atoms with van der Waals surface area (Å²) in [6.45, 7) is 5.30. The number of carbonyl (C=O) groups is 1. The van der Waals surface area contributed by atoms with Gasteiger partial charge in [0, 0.05) is 6.20 Å². The summed E-state index contributed by atoms with van der Waals surface area (Å²) in [5.41, 5.74) is -0.110. The van der Waals surface area contributed by atoms with Crippen LogP contribution in [0.4, 0.5) is 4.39 Å². The molecule has 2 heterocycles. The lowest BCUT2D eigenvalue weighted by molar-refractivity contribution is 0.00636. The van der Waals surface area contributed by atoms with Crippen molar-refractivity contribution < 1.29 is 13.9 Å². The second-order valence-electron chi connectivity index (χ2n) is 4.70. The minimum absolute atomic E-state index is 0.102. The molecule has 0 fully saturated rings. The molecule has 90 valence electrons. The van der Waals surface area contributed by atoms with Crippen LogP contribution in [0.5, 0.6) is 0 Å². The molecule has 0 saturated heterocycles. The lowest BCUT2D eigenvalue weighted by atomic mass is 10.2. The zero-order valence-electron chi connectivity index (χ0n) is 9.90. The number of aromatic nitrogens is 2. The number of fused-ring (bicyclic) bond motifs is 1. The standard InChI is InChI=1S/C12H13FN2O2/c1-12(2,3)17-11(16)8-7-15-9(13)5-4-6-10(15)14-8/h4-7H,1-3H3. The van der Waals surface area contributed by atoms with E-state index in [9.17, 15) is 9.18 Å². The number of ether oxygens (including phenoxy) is 1. The summed E-state index contributed by atoms with van der Waals surface area (Å²) < 4.78 is 19.7. The monoisotopic (exact) mass is 236 g/mol. The Balaban J connectivity index is 2.37. The van der Waals surface area contributed by atoms with Crippen molar-refractivity contribution in [3.8, 4) is 0 Å². The number of halogens is 1. The number of hydrogen-bond donors (Lipinski definition) is 0. The van der Waals surface area contributed by atoms with Crippen LogP contribution in [0.25, 0.3) is 5.65 Å². The first-order valence-corrected chi connectivity index (χ1v) is 5.24. The van der Waals surface area contributed by atoms with Crippen LogP contribution in [0.2, 0.25) is 0 Å². The molecular weight excluding hydrogens is 223 g/mol. The van der Waals surface area contributed by atoms with E-state index in [1.807, 2.05) is 0 Å². The van der Waals surface area contributed by atoms with Gasteiger partial charge in [-0.1, -0.05) is 6.07 Å². The van der Waals surface area contributed by atoms with Gasteiger partial charge in [0.2, 0.25) is 0 Å².